The minimum atomic E-state index is -1.51. The van der Waals surface area contributed by atoms with Crippen LogP contribution in [-0.4, -0.2) is 44.7 Å². The third kappa shape index (κ3) is 4.93. The van der Waals surface area contributed by atoms with Crippen molar-refractivity contribution >= 4 is 11.8 Å². The van der Waals surface area contributed by atoms with Crippen LogP contribution in [0.1, 0.15) is 51.8 Å². The number of hydrogen-bond acceptors (Lipinski definition) is 7. The molecule has 2 heterocycles. The smallest absolute Gasteiger partial charge is 0.330 e. The number of aliphatic hydroxyl groups is 1. The summed E-state index contributed by atoms with van der Waals surface area (Å²) >= 11 is 0. The highest BCUT2D eigenvalue weighted by atomic mass is 16.6. The summed E-state index contributed by atoms with van der Waals surface area (Å²) in [4.78, 5) is 49.1. The molecular weight excluding hydrogens is 356 g/mol. The van der Waals surface area contributed by atoms with Gasteiger partial charge in [0.05, 0.1) is 0 Å². The lowest BCUT2D eigenvalue weighted by Gasteiger charge is -2.21. The molecule has 0 aromatic carbocycles. The fraction of sp³-hybridized carbons (Fsp3) is 0.556. The van der Waals surface area contributed by atoms with E-state index in [2.05, 4.69) is 16.8 Å². The Labute approximate surface area is 155 Å². The molecule has 0 bridgehead atoms. The number of aromatic amines is 1. The Balaban J connectivity index is 2.37. The van der Waals surface area contributed by atoms with Gasteiger partial charge in [-0.25, -0.2) is 4.79 Å². The molecule has 1 aromatic heterocycles. The van der Waals surface area contributed by atoms with Gasteiger partial charge in [0.1, 0.15) is 30.1 Å². The first kappa shape index (κ1) is 20.6. The molecule has 0 aliphatic carbocycles. The molecule has 1 unspecified atom stereocenters. The second kappa shape index (κ2) is 8.79. The number of unbranched alkanes of at least 4 members (excludes halogenated alkanes) is 1. The topological polar surface area (TPSA) is 128 Å². The lowest BCUT2D eigenvalue weighted by molar-refractivity contribution is -0.157. The molecule has 0 amide bonds. The summed E-state index contributed by atoms with van der Waals surface area (Å²) in [6, 6.07) is 0. The van der Waals surface area contributed by atoms with E-state index >= 15 is 0 Å². The molecule has 9 nitrogen and oxygen atoms in total. The molecule has 2 N–H and O–H groups in total. The number of nitrogens with one attached hydrogen (secondary N) is 1. The highest BCUT2D eigenvalue weighted by Crippen LogP contribution is 2.32. The first-order valence-corrected chi connectivity index (χ1v) is 8.60. The van der Waals surface area contributed by atoms with Crippen molar-refractivity contribution in [3.05, 3.63) is 32.6 Å². The van der Waals surface area contributed by atoms with Crippen molar-refractivity contribution in [2.75, 3.05) is 0 Å². The number of carbonyl (C=O) groups excluding carboxylic acids is 2. The Morgan fingerprint density at radius 3 is 2.74 bits per heavy atom. The van der Waals surface area contributed by atoms with Gasteiger partial charge in [-0.3, -0.25) is 23.9 Å². The van der Waals surface area contributed by atoms with E-state index in [0.717, 1.165) is 11.0 Å². The zero-order valence-electron chi connectivity index (χ0n) is 15.4. The van der Waals surface area contributed by atoms with Crippen LogP contribution in [-0.2, 0) is 19.1 Å². The Kier molecular flexibility index (Phi) is 6.71. The van der Waals surface area contributed by atoms with Crippen LogP contribution >= 0.6 is 0 Å². The van der Waals surface area contributed by atoms with Gasteiger partial charge in [-0.05, 0) is 13.3 Å². The van der Waals surface area contributed by atoms with Gasteiger partial charge in [0.15, 0.2) is 5.78 Å². The number of rotatable bonds is 5. The van der Waals surface area contributed by atoms with Gasteiger partial charge in [0.2, 0.25) is 0 Å². The Morgan fingerprint density at radius 2 is 2.15 bits per heavy atom. The van der Waals surface area contributed by atoms with E-state index in [9.17, 15) is 24.3 Å². The summed E-state index contributed by atoms with van der Waals surface area (Å²) in [6.45, 7) is 4.32. The van der Waals surface area contributed by atoms with Crippen LogP contribution in [0.25, 0.3) is 0 Å². The summed E-state index contributed by atoms with van der Waals surface area (Å²) in [6.07, 6.45) is -1.77. The Hall–Kier alpha value is -2.70. The monoisotopic (exact) mass is 378 g/mol. The van der Waals surface area contributed by atoms with Crippen LogP contribution in [0.15, 0.2) is 15.8 Å². The van der Waals surface area contributed by atoms with Crippen LogP contribution in [0.3, 0.4) is 0 Å². The van der Waals surface area contributed by atoms with Gasteiger partial charge in [-0.15, -0.1) is 0 Å². The van der Waals surface area contributed by atoms with Gasteiger partial charge in [-0.1, -0.05) is 18.8 Å². The number of H-pyrrole nitrogens is 1. The maximum absolute atomic E-state index is 12.2. The van der Waals surface area contributed by atoms with Gasteiger partial charge in [0.25, 0.3) is 5.56 Å². The van der Waals surface area contributed by atoms with E-state index in [-0.39, 0.29) is 12.0 Å². The maximum Gasteiger partial charge on any atom is 0.330 e. The summed E-state index contributed by atoms with van der Waals surface area (Å²) < 4.78 is 11.9. The minimum Gasteiger partial charge on any atom is -0.459 e. The van der Waals surface area contributed by atoms with Crippen molar-refractivity contribution in [3.8, 4) is 11.8 Å². The molecule has 1 aliphatic heterocycles. The molecule has 1 aliphatic rings. The van der Waals surface area contributed by atoms with Crippen molar-refractivity contribution in [2.24, 2.45) is 0 Å². The number of hydrogen-bond donors (Lipinski definition) is 2. The summed E-state index contributed by atoms with van der Waals surface area (Å²) in [7, 11) is 0. The van der Waals surface area contributed by atoms with Crippen molar-refractivity contribution in [3.63, 3.8) is 0 Å². The van der Waals surface area contributed by atoms with Crippen LogP contribution in [0.5, 0.6) is 0 Å². The van der Waals surface area contributed by atoms with Crippen LogP contribution in [0.2, 0.25) is 0 Å². The second-order valence-corrected chi connectivity index (χ2v) is 6.26. The number of esters is 1. The van der Waals surface area contributed by atoms with Crippen molar-refractivity contribution in [1.82, 2.24) is 9.55 Å². The largest absolute Gasteiger partial charge is 0.459 e. The Bertz CT molecular complexity index is 889. The lowest BCUT2D eigenvalue weighted by Crippen LogP contribution is -2.41. The number of nitrogens with zero attached hydrogens (tertiary/aromatic N) is 1. The summed E-state index contributed by atoms with van der Waals surface area (Å²) in [5.74, 6) is 4.36. The standard InChI is InChI=1S/C18H22N2O7/c1-4-5-6-7-12-9-20(18(25)19-17(12)24)14-8-13(26-11(3)22)16(27-14)15(23)10(2)21/h9,13-16,23H,4-5,8H2,1-3H3,(H,19,24,25)/t13-,14+,15?,16-/m0/s1. The molecule has 9 heteroatoms. The summed E-state index contributed by atoms with van der Waals surface area (Å²) in [5, 5.41) is 10.1. The maximum atomic E-state index is 12.2. The normalized spacial score (nSPS) is 22.6. The molecule has 2 rings (SSSR count). The van der Waals surface area contributed by atoms with Crippen LogP contribution in [0.4, 0.5) is 0 Å². The number of ketones is 1. The van der Waals surface area contributed by atoms with E-state index in [4.69, 9.17) is 9.47 Å². The number of Topliss-reactive ketones (excluding diaryl/α,β-unsaturated/α-hetero) is 1. The molecule has 1 fully saturated rings. The molecule has 0 spiro atoms. The predicted molar refractivity (Wildman–Crippen MR) is 93.9 cm³/mol. The Morgan fingerprint density at radius 1 is 1.44 bits per heavy atom. The van der Waals surface area contributed by atoms with Crippen LogP contribution in [0, 0.1) is 11.8 Å². The van der Waals surface area contributed by atoms with Crippen molar-refractivity contribution in [1.29, 1.82) is 0 Å². The van der Waals surface area contributed by atoms with E-state index in [1.807, 2.05) is 6.92 Å². The van der Waals surface area contributed by atoms with Crippen molar-refractivity contribution in [2.45, 2.75) is 64.6 Å². The van der Waals surface area contributed by atoms with Crippen LogP contribution < -0.4 is 11.2 Å². The first-order valence-electron chi connectivity index (χ1n) is 8.60. The molecule has 4 atom stereocenters. The average molecular weight is 378 g/mol. The second-order valence-electron chi connectivity index (χ2n) is 6.26. The molecule has 27 heavy (non-hydrogen) atoms. The summed E-state index contributed by atoms with van der Waals surface area (Å²) in [5.41, 5.74) is -1.26. The van der Waals surface area contributed by atoms with E-state index in [0.29, 0.717) is 6.42 Å². The molecule has 0 saturated carbocycles. The number of aromatic nitrogens is 2. The minimum absolute atomic E-state index is 0.0301. The van der Waals surface area contributed by atoms with Gasteiger partial charge >= 0.3 is 11.7 Å². The first-order chi connectivity index (χ1) is 12.7. The molecule has 0 radical (unpaired) electrons. The highest BCUT2D eigenvalue weighted by Gasteiger charge is 2.44. The highest BCUT2D eigenvalue weighted by molar-refractivity contribution is 5.81. The van der Waals surface area contributed by atoms with Crippen molar-refractivity contribution < 1.29 is 24.2 Å². The lowest BCUT2D eigenvalue weighted by atomic mass is 10.0. The van der Waals surface area contributed by atoms with E-state index in [1.165, 1.54) is 20.0 Å². The molecule has 146 valence electrons. The third-order valence-electron chi connectivity index (χ3n) is 4.04. The fourth-order valence-electron chi connectivity index (χ4n) is 2.74. The fourth-order valence-corrected chi connectivity index (χ4v) is 2.74. The molecular formula is C18H22N2O7. The third-order valence-corrected chi connectivity index (χ3v) is 4.04. The SMILES string of the molecule is CCCC#Cc1cn([C@H]2C[C@H](OC(C)=O)[C@@H](C(O)C(C)=O)O2)c(=O)[nH]c1=O. The quantitative estimate of drug-likeness (QED) is 0.539. The predicted octanol–water partition coefficient (Wildman–Crippen LogP) is -0.143. The van der Waals surface area contributed by atoms with E-state index < -0.39 is 47.5 Å². The van der Waals surface area contributed by atoms with E-state index in [1.54, 1.807) is 0 Å². The zero-order chi connectivity index (χ0) is 20.1. The van der Waals surface area contributed by atoms with Gasteiger partial charge in [-0.2, -0.15) is 0 Å². The average Bonchev–Trinajstić information content (AvgIpc) is 2.98. The zero-order valence-corrected chi connectivity index (χ0v) is 15.4. The number of ether oxygens (including phenoxy) is 2. The molecule has 1 saturated heterocycles. The molecule has 1 aromatic rings. The van der Waals surface area contributed by atoms with Gasteiger partial charge < -0.3 is 14.6 Å². The van der Waals surface area contributed by atoms with Gasteiger partial charge in [0, 0.05) is 26.0 Å². The number of aliphatic hydroxyl groups excluding tert-OH is 1. The number of carbonyl (C=O) groups is 2.